The van der Waals surface area contributed by atoms with Gasteiger partial charge in [0.1, 0.15) is 0 Å². The lowest BCUT2D eigenvalue weighted by molar-refractivity contribution is 0.251. The molecule has 1 atom stereocenters. The third-order valence-electron chi connectivity index (χ3n) is 3.66. The van der Waals surface area contributed by atoms with Crippen molar-refractivity contribution in [1.82, 2.24) is 5.32 Å². The Hall–Kier alpha value is -2.03. The molecule has 3 heteroatoms. The standard InChI is InChI=1S/C17H22N2O/c1-3-13(2)11-12-18-17(20)19-16-10-6-8-14-7-4-5-9-15(14)16/h4-10,13H,3,11-12H2,1-2H3,(H2,18,19,20). The number of hydrogen-bond acceptors (Lipinski definition) is 1. The number of fused-ring (bicyclic) bond motifs is 1. The summed E-state index contributed by atoms with van der Waals surface area (Å²) in [4.78, 5) is 11.9. The van der Waals surface area contributed by atoms with Crippen LogP contribution in [0.1, 0.15) is 26.7 Å². The summed E-state index contributed by atoms with van der Waals surface area (Å²) >= 11 is 0. The van der Waals surface area contributed by atoms with Gasteiger partial charge in [-0.05, 0) is 23.8 Å². The van der Waals surface area contributed by atoms with Crippen LogP contribution >= 0.6 is 0 Å². The first-order valence-electron chi connectivity index (χ1n) is 7.23. The molecule has 0 radical (unpaired) electrons. The van der Waals surface area contributed by atoms with Crippen LogP contribution in [-0.2, 0) is 0 Å². The van der Waals surface area contributed by atoms with Crippen LogP contribution < -0.4 is 10.6 Å². The molecule has 0 saturated carbocycles. The highest BCUT2D eigenvalue weighted by Crippen LogP contribution is 2.22. The molecular weight excluding hydrogens is 248 g/mol. The summed E-state index contributed by atoms with van der Waals surface area (Å²) in [6.07, 6.45) is 2.16. The van der Waals surface area contributed by atoms with E-state index in [9.17, 15) is 4.79 Å². The van der Waals surface area contributed by atoms with E-state index in [0.29, 0.717) is 12.5 Å². The molecule has 0 aliphatic heterocycles. The van der Waals surface area contributed by atoms with Crippen molar-refractivity contribution in [3.8, 4) is 0 Å². The van der Waals surface area contributed by atoms with Gasteiger partial charge in [-0.3, -0.25) is 0 Å². The summed E-state index contributed by atoms with van der Waals surface area (Å²) in [5.74, 6) is 0.646. The molecule has 0 aromatic heterocycles. The van der Waals surface area contributed by atoms with Crippen molar-refractivity contribution in [3.05, 3.63) is 42.5 Å². The lowest BCUT2D eigenvalue weighted by Gasteiger charge is -2.12. The van der Waals surface area contributed by atoms with Crippen molar-refractivity contribution >= 4 is 22.5 Å². The zero-order valence-corrected chi connectivity index (χ0v) is 12.1. The SMILES string of the molecule is CCC(C)CCNC(=O)Nc1cccc2ccccc12. The van der Waals surface area contributed by atoms with E-state index in [1.165, 1.54) is 0 Å². The maximum atomic E-state index is 11.9. The summed E-state index contributed by atoms with van der Waals surface area (Å²) in [5, 5.41) is 8.03. The Morgan fingerprint density at radius 1 is 1.15 bits per heavy atom. The Morgan fingerprint density at radius 2 is 1.90 bits per heavy atom. The first kappa shape index (κ1) is 14.4. The first-order valence-corrected chi connectivity index (χ1v) is 7.23. The van der Waals surface area contributed by atoms with E-state index in [1.54, 1.807) is 0 Å². The van der Waals surface area contributed by atoms with Crippen LogP contribution in [0.25, 0.3) is 10.8 Å². The van der Waals surface area contributed by atoms with Gasteiger partial charge in [0.25, 0.3) is 0 Å². The minimum absolute atomic E-state index is 0.135. The summed E-state index contributed by atoms with van der Waals surface area (Å²) < 4.78 is 0. The van der Waals surface area contributed by atoms with Crippen LogP contribution in [0.5, 0.6) is 0 Å². The van der Waals surface area contributed by atoms with Crippen LogP contribution in [0.2, 0.25) is 0 Å². The second kappa shape index (κ2) is 6.94. The summed E-state index contributed by atoms with van der Waals surface area (Å²) in [5.41, 5.74) is 0.851. The molecule has 0 aliphatic carbocycles. The van der Waals surface area contributed by atoms with Gasteiger partial charge in [0.2, 0.25) is 0 Å². The minimum atomic E-state index is -0.135. The summed E-state index contributed by atoms with van der Waals surface area (Å²) in [7, 11) is 0. The largest absolute Gasteiger partial charge is 0.338 e. The number of nitrogens with one attached hydrogen (secondary N) is 2. The molecule has 2 N–H and O–H groups in total. The molecule has 2 aromatic carbocycles. The predicted molar refractivity (Wildman–Crippen MR) is 85.0 cm³/mol. The fourth-order valence-corrected chi connectivity index (χ4v) is 2.14. The average molecular weight is 270 g/mol. The van der Waals surface area contributed by atoms with Crippen LogP contribution in [0.15, 0.2) is 42.5 Å². The third kappa shape index (κ3) is 3.73. The number of benzene rings is 2. The molecular formula is C17H22N2O. The summed E-state index contributed by atoms with van der Waals surface area (Å²) in [6, 6.07) is 13.8. The molecule has 0 heterocycles. The number of amides is 2. The Morgan fingerprint density at radius 3 is 2.70 bits per heavy atom. The molecule has 0 bridgehead atoms. The fraction of sp³-hybridized carbons (Fsp3) is 0.353. The monoisotopic (exact) mass is 270 g/mol. The molecule has 0 spiro atoms. The van der Waals surface area contributed by atoms with Gasteiger partial charge in [0, 0.05) is 11.9 Å². The van der Waals surface area contributed by atoms with E-state index >= 15 is 0 Å². The van der Waals surface area contributed by atoms with Crippen molar-refractivity contribution in [2.24, 2.45) is 5.92 Å². The van der Waals surface area contributed by atoms with E-state index in [4.69, 9.17) is 0 Å². The van der Waals surface area contributed by atoms with E-state index in [0.717, 1.165) is 29.3 Å². The van der Waals surface area contributed by atoms with Gasteiger partial charge < -0.3 is 10.6 Å². The van der Waals surface area contributed by atoms with E-state index in [1.807, 2.05) is 42.5 Å². The number of carbonyl (C=O) groups is 1. The highest BCUT2D eigenvalue weighted by Gasteiger charge is 2.05. The van der Waals surface area contributed by atoms with Gasteiger partial charge in [-0.2, -0.15) is 0 Å². The topological polar surface area (TPSA) is 41.1 Å². The smallest absolute Gasteiger partial charge is 0.319 e. The van der Waals surface area contributed by atoms with Gasteiger partial charge >= 0.3 is 6.03 Å². The minimum Gasteiger partial charge on any atom is -0.338 e. The van der Waals surface area contributed by atoms with Crippen LogP contribution in [-0.4, -0.2) is 12.6 Å². The van der Waals surface area contributed by atoms with Crippen molar-refractivity contribution in [3.63, 3.8) is 0 Å². The van der Waals surface area contributed by atoms with Crippen LogP contribution in [0.3, 0.4) is 0 Å². The second-order valence-electron chi connectivity index (χ2n) is 5.21. The Balaban J connectivity index is 1.96. The summed E-state index contributed by atoms with van der Waals surface area (Å²) in [6.45, 7) is 5.08. The highest BCUT2D eigenvalue weighted by atomic mass is 16.2. The zero-order valence-electron chi connectivity index (χ0n) is 12.1. The average Bonchev–Trinajstić information content (AvgIpc) is 2.47. The van der Waals surface area contributed by atoms with Crippen LogP contribution in [0.4, 0.5) is 10.5 Å². The molecule has 0 saturated heterocycles. The molecule has 2 aromatic rings. The number of urea groups is 1. The molecule has 2 amide bonds. The quantitative estimate of drug-likeness (QED) is 0.830. The molecule has 0 fully saturated rings. The van der Waals surface area contributed by atoms with Gasteiger partial charge in [-0.1, -0.05) is 56.7 Å². The predicted octanol–water partition coefficient (Wildman–Crippen LogP) is 4.40. The molecule has 0 aliphatic rings. The van der Waals surface area contributed by atoms with E-state index < -0.39 is 0 Å². The molecule has 20 heavy (non-hydrogen) atoms. The van der Waals surface area contributed by atoms with Gasteiger partial charge in [0.05, 0.1) is 5.69 Å². The lowest BCUT2D eigenvalue weighted by atomic mass is 10.1. The van der Waals surface area contributed by atoms with Crippen molar-refractivity contribution < 1.29 is 4.79 Å². The van der Waals surface area contributed by atoms with Crippen molar-refractivity contribution in [2.45, 2.75) is 26.7 Å². The normalized spacial score (nSPS) is 12.1. The third-order valence-corrected chi connectivity index (χ3v) is 3.66. The van der Waals surface area contributed by atoms with Gasteiger partial charge in [-0.15, -0.1) is 0 Å². The Kier molecular flexibility index (Phi) is 4.99. The second-order valence-corrected chi connectivity index (χ2v) is 5.21. The molecule has 1 unspecified atom stereocenters. The first-order chi connectivity index (χ1) is 9.70. The van der Waals surface area contributed by atoms with E-state index in [-0.39, 0.29) is 6.03 Å². The Labute approximate surface area is 120 Å². The molecule has 106 valence electrons. The van der Waals surface area contributed by atoms with Gasteiger partial charge in [-0.25, -0.2) is 4.79 Å². The zero-order chi connectivity index (χ0) is 14.4. The lowest BCUT2D eigenvalue weighted by Crippen LogP contribution is -2.30. The van der Waals surface area contributed by atoms with Crippen molar-refractivity contribution in [2.75, 3.05) is 11.9 Å². The number of anilines is 1. The van der Waals surface area contributed by atoms with Gasteiger partial charge in [0.15, 0.2) is 0 Å². The fourth-order valence-electron chi connectivity index (χ4n) is 2.14. The Bertz CT molecular complexity index is 575. The number of carbonyl (C=O) groups excluding carboxylic acids is 1. The van der Waals surface area contributed by atoms with Crippen LogP contribution in [0, 0.1) is 5.92 Å². The van der Waals surface area contributed by atoms with Crippen molar-refractivity contribution in [1.29, 1.82) is 0 Å². The molecule has 2 rings (SSSR count). The molecule has 3 nitrogen and oxygen atoms in total. The highest BCUT2D eigenvalue weighted by molar-refractivity contribution is 6.01. The number of rotatable bonds is 5. The maximum Gasteiger partial charge on any atom is 0.319 e. The number of hydrogen-bond donors (Lipinski definition) is 2. The van der Waals surface area contributed by atoms with E-state index in [2.05, 4.69) is 24.5 Å². The maximum absolute atomic E-state index is 11.9.